The molecule has 0 unspecified atom stereocenters. The number of hydrogen-bond acceptors (Lipinski definition) is 4. The molecule has 1 aromatic heterocycles. The van der Waals surface area contributed by atoms with Gasteiger partial charge in [0, 0.05) is 23.6 Å². The van der Waals surface area contributed by atoms with E-state index in [4.69, 9.17) is 9.15 Å². The maximum Gasteiger partial charge on any atom is 0.336 e. The number of quaternary nitrogens is 1. The summed E-state index contributed by atoms with van der Waals surface area (Å²) >= 11 is 0. The second-order valence-electron chi connectivity index (χ2n) is 9.28. The van der Waals surface area contributed by atoms with Gasteiger partial charge in [0.05, 0.1) is 27.2 Å². The Morgan fingerprint density at radius 3 is 2.59 bits per heavy atom. The van der Waals surface area contributed by atoms with Crippen LogP contribution in [0.3, 0.4) is 0 Å². The summed E-state index contributed by atoms with van der Waals surface area (Å²) in [6.45, 7) is 8.93. The lowest BCUT2D eigenvalue weighted by molar-refractivity contribution is -0.882. The fourth-order valence-electron chi connectivity index (χ4n) is 3.56. The molecule has 1 amide bonds. The van der Waals surface area contributed by atoms with Crippen molar-refractivity contribution in [3.63, 3.8) is 0 Å². The molecule has 32 heavy (non-hydrogen) atoms. The van der Waals surface area contributed by atoms with Gasteiger partial charge in [0.15, 0.2) is 6.54 Å². The predicted octanol–water partition coefficient (Wildman–Crippen LogP) is 4.45. The first kappa shape index (κ1) is 25.7. The summed E-state index contributed by atoms with van der Waals surface area (Å²) in [4.78, 5) is 23.9. The van der Waals surface area contributed by atoms with E-state index >= 15 is 0 Å². The molecule has 0 fully saturated rings. The molecule has 0 radical (unpaired) electrons. The number of unbranched alkanes of at least 4 members (excludes halogenated alkanes) is 2. The minimum atomic E-state index is -0.355. The van der Waals surface area contributed by atoms with Crippen molar-refractivity contribution < 1.29 is 18.4 Å². The average Bonchev–Trinajstić information content (AvgIpc) is 2.71. The van der Waals surface area contributed by atoms with Crippen molar-refractivity contribution in [3.05, 3.63) is 51.9 Å². The summed E-state index contributed by atoms with van der Waals surface area (Å²) in [5, 5.41) is 3.89. The standard InChI is InChI=1S/C26H38N2O4/c1-6-7-16-27-24(29)19-28(4,5)17-8-9-18-31-23-14-11-21-12-15-25(30)32-26(21)22(23)13-10-20(2)3/h10-12,14-15H,6-9,13,16-19H2,1-5H3/p+1. The van der Waals surface area contributed by atoms with E-state index in [2.05, 4.69) is 32.4 Å². The number of amides is 1. The van der Waals surface area contributed by atoms with Crippen molar-refractivity contribution in [1.82, 2.24) is 5.32 Å². The molecule has 2 rings (SSSR count). The molecular formula is C26H39N2O4+. The van der Waals surface area contributed by atoms with Crippen LogP contribution < -0.4 is 15.7 Å². The molecule has 1 aromatic carbocycles. The first-order chi connectivity index (χ1) is 15.2. The fourth-order valence-corrected chi connectivity index (χ4v) is 3.56. The topological polar surface area (TPSA) is 68.5 Å². The van der Waals surface area contributed by atoms with Gasteiger partial charge in [-0.1, -0.05) is 25.0 Å². The van der Waals surface area contributed by atoms with E-state index in [1.165, 1.54) is 11.6 Å². The fraction of sp³-hybridized carbons (Fsp3) is 0.538. The van der Waals surface area contributed by atoms with Crippen LogP contribution in [0.4, 0.5) is 0 Å². The SMILES string of the molecule is CCCCNC(=O)C[N+](C)(C)CCCCOc1ccc2ccc(=O)oc2c1CC=C(C)C. The monoisotopic (exact) mass is 443 g/mol. The Kier molecular flexibility index (Phi) is 9.97. The highest BCUT2D eigenvalue weighted by atomic mass is 16.5. The third-order valence-corrected chi connectivity index (χ3v) is 5.40. The van der Waals surface area contributed by atoms with Crippen LogP contribution in [-0.4, -0.2) is 50.7 Å². The lowest BCUT2D eigenvalue weighted by Gasteiger charge is -2.29. The van der Waals surface area contributed by atoms with Crippen molar-refractivity contribution in [2.24, 2.45) is 0 Å². The second kappa shape index (κ2) is 12.4. The van der Waals surface area contributed by atoms with Crippen LogP contribution in [0.2, 0.25) is 0 Å². The van der Waals surface area contributed by atoms with Gasteiger partial charge in [0.1, 0.15) is 11.3 Å². The summed E-state index contributed by atoms with van der Waals surface area (Å²) in [5.74, 6) is 0.870. The largest absolute Gasteiger partial charge is 0.493 e. The van der Waals surface area contributed by atoms with Gasteiger partial charge in [-0.15, -0.1) is 0 Å². The lowest BCUT2D eigenvalue weighted by atomic mass is 10.1. The Hall–Kier alpha value is -2.60. The third-order valence-electron chi connectivity index (χ3n) is 5.40. The van der Waals surface area contributed by atoms with Gasteiger partial charge in [0.2, 0.25) is 0 Å². The van der Waals surface area contributed by atoms with E-state index in [-0.39, 0.29) is 11.5 Å². The zero-order chi connectivity index (χ0) is 23.6. The molecule has 0 bridgehead atoms. The molecule has 0 saturated heterocycles. The number of carbonyl (C=O) groups is 1. The summed E-state index contributed by atoms with van der Waals surface area (Å²) in [7, 11) is 4.17. The van der Waals surface area contributed by atoms with Gasteiger partial charge in [-0.2, -0.15) is 0 Å². The Morgan fingerprint density at radius 1 is 1.12 bits per heavy atom. The number of hydrogen-bond donors (Lipinski definition) is 1. The zero-order valence-corrected chi connectivity index (χ0v) is 20.3. The Morgan fingerprint density at radius 2 is 1.88 bits per heavy atom. The van der Waals surface area contributed by atoms with Crippen LogP contribution in [0.25, 0.3) is 11.0 Å². The molecule has 176 valence electrons. The van der Waals surface area contributed by atoms with Gasteiger partial charge in [-0.25, -0.2) is 4.79 Å². The molecular weight excluding hydrogens is 404 g/mol. The molecule has 1 N–H and O–H groups in total. The van der Waals surface area contributed by atoms with E-state index in [1.54, 1.807) is 6.07 Å². The summed E-state index contributed by atoms with van der Waals surface area (Å²) < 4.78 is 12.3. The first-order valence-electron chi connectivity index (χ1n) is 11.6. The van der Waals surface area contributed by atoms with Crippen molar-refractivity contribution in [2.75, 3.05) is 40.3 Å². The molecule has 6 heteroatoms. The normalized spacial score (nSPS) is 11.4. The van der Waals surface area contributed by atoms with Gasteiger partial charge in [0.25, 0.3) is 5.91 Å². The van der Waals surface area contributed by atoms with E-state index in [9.17, 15) is 9.59 Å². The number of nitrogens with one attached hydrogen (secondary N) is 1. The number of benzene rings is 1. The molecule has 2 aromatic rings. The van der Waals surface area contributed by atoms with Crippen LogP contribution in [0.5, 0.6) is 5.75 Å². The highest BCUT2D eigenvalue weighted by molar-refractivity contribution is 5.82. The average molecular weight is 444 g/mol. The summed E-state index contributed by atoms with van der Waals surface area (Å²) in [5.41, 5.74) is 2.34. The van der Waals surface area contributed by atoms with E-state index in [0.717, 1.165) is 55.5 Å². The predicted molar refractivity (Wildman–Crippen MR) is 130 cm³/mol. The number of fused-ring (bicyclic) bond motifs is 1. The second-order valence-corrected chi connectivity index (χ2v) is 9.28. The van der Waals surface area contributed by atoms with Crippen LogP contribution in [0.1, 0.15) is 52.0 Å². The highest BCUT2D eigenvalue weighted by Crippen LogP contribution is 2.28. The molecule has 0 saturated carbocycles. The number of ether oxygens (including phenoxy) is 1. The zero-order valence-electron chi connectivity index (χ0n) is 20.3. The third kappa shape index (κ3) is 8.50. The van der Waals surface area contributed by atoms with Gasteiger partial charge >= 0.3 is 5.63 Å². The summed E-state index contributed by atoms with van der Waals surface area (Å²) in [6.07, 6.45) is 6.71. The highest BCUT2D eigenvalue weighted by Gasteiger charge is 2.19. The Labute approximate surface area is 191 Å². The lowest BCUT2D eigenvalue weighted by Crippen LogP contribution is -2.48. The molecule has 0 aliphatic carbocycles. The minimum Gasteiger partial charge on any atom is -0.493 e. The molecule has 1 heterocycles. The van der Waals surface area contributed by atoms with Crippen molar-refractivity contribution in [2.45, 2.75) is 52.9 Å². The summed E-state index contributed by atoms with van der Waals surface area (Å²) in [6, 6.07) is 7.11. The number of nitrogens with zero attached hydrogens (tertiary/aromatic N) is 1. The minimum absolute atomic E-state index is 0.112. The van der Waals surface area contributed by atoms with Crippen LogP contribution >= 0.6 is 0 Å². The Bertz CT molecular complexity index is 971. The number of allylic oxidation sites excluding steroid dienone is 2. The molecule has 0 aliphatic heterocycles. The van der Waals surface area contributed by atoms with Crippen LogP contribution in [0, 0.1) is 0 Å². The molecule has 0 aliphatic rings. The quantitative estimate of drug-likeness (QED) is 0.215. The maximum atomic E-state index is 12.1. The maximum absolute atomic E-state index is 12.1. The molecule has 6 nitrogen and oxygen atoms in total. The first-order valence-corrected chi connectivity index (χ1v) is 11.6. The van der Waals surface area contributed by atoms with Crippen LogP contribution in [-0.2, 0) is 11.2 Å². The number of carbonyl (C=O) groups excluding carboxylic acids is 1. The van der Waals surface area contributed by atoms with E-state index < -0.39 is 0 Å². The van der Waals surface area contributed by atoms with Gasteiger partial charge in [-0.3, -0.25) is 4.79 Å². The van der Waals surface area contributed by atoms with Crippen LogP contribution in [0.15, 0.2) is 45.1 Å². The van der Waals surface area contributed by atoms with Crippen molar-refractivity contribution in [1.29, 1.82) is 0 Å². The smallest absolute Gasteiger partial charge is 0.336 e. The van der Waals surface area contributed by atoms with Gasteiger partial charge < -0.3 is 19.0 Å². The van der Waals surface area contributed by atoms with Crippen molar-refractivity contribution >= 4 is 16.9 Å². The van der Waals surface area contributed by atoms with Crippen molar-refractivity contribution in [3.8, 4) is 5.75 Å². The number of rotatable bonds is 13. The number of likely N-dealkylation sites (N-methyl/N-ethyl adjacent to an activating group) is 1. The van der Waals surface area contributed by atoms with E-state index in [1.807, 2.05) is 26.0 Å². The Balaban J connectivity index is 1.92. The molecule has 0 atom stereocenters. The van der Waals surface area contributed by atoms with E-state index in [0.29, 0.717) is 29.6 Å². The van der Waals surface area contributed by atoms with Gasteiger partial charge in [-0.05, 0) is 57.7 Å². The molecule has 0 spiro atoms.